The highest BCUT2D eigenvalue weighted by molar-refractivity contribution is 6.02. The predicted octanol–water partition coefficient (Wildman–Crippen LogP) is 14.2. The summed E-state index contributed by atoms with van der Waals surface area (Å²) >= 11 is 0. The van der Waals surface area contributed by atoms with E-state index in [1.165, 1.54) is 72.0 Å². The fourth-order valence-electron chi connectivity index (χ4n) is 8.35. The van der Waals surface area contributed by atoms with Gasteiger partial charge < -0.3 is 9.47 Å². The molecule has 2 heteroatoms. The van der Waals surface area contributed by atoms with Gasteiger partial charge in [-0.25, -0.2) is 0 Å². The number of nitrogens with zero attached hydrogens (tertiary/aromatic N) is 2. The second-order valence-corrected chi connectivity index (χ2v) is 14.1. The highest BCUT2D eigenvalue weighted by atomic mass is 15.1. The van der Waals surface area contributed by atoms with Crippen molar-refractivity contribution in [2.75, 3.05) is 4.90 Å². The summed E-state index contributed by atoms with van der Waals surface area (Å²) in [6.45, 7) is 0. The predicted molar refractivity (Wildman–Crippen MR) is 229 cm³/mol. The van der Waals surface area contributed by atoms with E-state index in [0.717, 1.165) is 29.9 Å². The van der Waals surface area contributed by atoms with E-state index in [0.29, 0.717) is 0 Å². The molecule has 1 heterocycles. The summed E-state index contributed by atoms with van der Waals surface area (Å²) in [6, 6.07) is 70.5. The van der Waals surface area contributed by atoms with Crippen molar-refractivity contribution in [2.45, 2.75) is 12.8 Å². The van der Waals surface area contributed by atoms with Crippen LogP contribution < -0.4 is 4.90 Å². The van der Waals surface area contributed by atoms with Gasteiger partial charge in [0.05, 0.1) is 11.2 Å². The average molecular weight is 691 g/mol. The van der Waals surface area contributed by atoms with Crippen LogP contribution in [-0.4, -0.2) is 4.57 Å². The Morgan fingerprint density at radius 2 is 1.07 bits per heavy atom. The largest absolute Gasteiger partial charge is 0.310 e. The van der Waals surface area contributed by atoms with Crippen molar-refractivity contribution in [3.8, 4) is 39.1 Å². The van der Waals surface area contributed by atoms with E-state index >= 15 is 0 Å². The van der Waals surface area contributed by atoms with E-state index in [1.54, 1.807) is 0 Å². The normalized spacial score (nSPS) is 12.2. The van der Waals surface area contributed by atoms with Crippen molar-refractivity contribution in [1.29, 1.82) is 0 Å². The summed E-state index contributed by atoms with van der Waals surface area (Å²) in [5, 5.41) is 3.83. The number of aryl methyl sites for hydroxylation is 1. The van der Waals surface area contributed by atoms with Gasteiger partial charge in [-0.15, -0.1) is 0 Å². The summed E-state index contributed by atoms with van der Waals surface area (Å²) < 4.78 is 2.44. The highest BCUT2D eigenvalue weighted by Gasteiger charge is 2.23. The van der Waals surface area contributed by atoms with Crippen LogP contribution in [0.5, 0.6) is 0 Å². The summed E-state index contributed by atoms with van der Waals surface area (Å²) in [5.74, 6) is 0. The Bertz CT molecular complexity index is 2830. The minimum atomic E-state index is 1.02. The van der Waals surface area contributed by atoms with Gasteiger partial charge in [0, 0.05) is 33.7 Å². The van der Waals surface area contributed by atoms with Crippen molar-refractivity contribution < 1.29 is 0 Å². The Labute approximate surface area is 316 Å². The number of allylic oxidation sites excluding steroid dienone is 1. The van der Waals surface area contributed by atoms with Crippen LogP contribution in [0.2, 0.25) is 0 Å². The topological polar surface area (TPSA) is 8.17 Å². The van der Waals surface area contributed by atoms with Gasteiger partial charge in [0.2, 0.25) is 0 Å². The van der Waals surface area contributed by atoms with E-state index in [4.69, 9.17) is 0 Å². The van der Waals surface area contributed by atoms with Crippen LogP contribution >= 0.6 is 0 Å². The van der Waals surface area contributed by atoms with Crippen LogP contribution in [0.3, 0.4) is 0 Å². The van der Waals surface area contributed by atoms with Crippen LogP contribution in [0, 0.1) is 0 Å². The quantitative estimate of drug-likeness (QED) is 0.162. The van der Waals surface area contributed by atoms with Crippen molar-refractivity contribution >= 4 is 44.8 Å². The molecule has 2 nitrogen and oxygen atoms in total. The minimum Gasteiger partial charge on any atom is -0.310 e. The number of aromatic nitrogens is 1. The second kappa shape index (κ2) is 13.6. The van der Waals surface area contributed by atoms with E-state index in [1.807, 2.05) is 0 Å². The van der Waals surface area contributed by atoms with E-state index in [-0.39, 0.29) is 0 Å². The highest BCUT2D eigenvalue weighted by Crippen LogP contribution is 2.45. The molecule has 0 radical (unpaired) electrons. The number of fused-ring (bicyclic) bond motifs is 4. The lowest BCUT2D eigenvalue weighted by molar-refractivity contribution is 0.968. The third-order valence-corrected chi connectivity index (χ3v) is 10.8. The molecule has 9 aromatic rings. The molecule has 0 spiro atoms. The summed E-state index contributed by atoms with van der Waals surface area (Å²) in [4.78, 5) is 2.43. The van der Waals surface area contributed by atoms with Crippen LogP contribution in [0.1, 0.15) is 17.7 Å². The van der Waals surface area contributed by atoms with Gasteiger partial charge in [0.25, 0.3) is 0 Å². The van der Waals surface area contributed by atoms with Crippen LogP contribution in [0.4, 0.5) is 17.1 Å². The lowest BCUT2D eigenvalue weighted by Gasteiger charge is -2.29. The molecule has 0 unspecified atom stereocenters. The van der Waals surface area contributed by atoms with E-state index in [2.05, 4.69) is 216 Å². The Balaban J connectivity index is 1.17. The number of anilines is 3. The van der Waals surface area contributed by atoms with Crippen molar-refractivity contribution in [3.63, 3.8) is 0 Å². The fraction of sp³-hybridized carbons (Fsp3) is 0.0385. The van der Waals surface area contributed by atoms with Gasteiger partial charge >= 0.3 is 0 Å². The average Bonchev–Trinajstić information content (AvgIpc) is 3.59. The molecule has 0 saturated carbocycles. The number of para-hydroxylation sites is 2. The molecule has 0 amide bonds. The SMILES string of the molecule is C1=Cc2c(c3c(-c4cccc(N(c5cccc(-c6ccc7ccccc7c6)c5)c5ccccc5-c5ccccc5)c4)cccc3n2-c2ccccc2)CC1. The number of hydrogen-bond acceptors (Lipinski definition) is 1. The maximum atomic E-state index is 2.44. The number of hydrogen-bond donors (Lipinski definition) is 0. The maximum absolute atomic E-state index is 2.44. The molecule has 0 aliphatic heterocycles. The van der Waals surface area contributed by atoms with Gasteiger partial charge in [0.15, 0.2) is 0 Å². The zero-order valence-electron chi connectivity index (χ0n) is 29.9. The lowest BCUT2D eigenvalue weighted by Crippen LogP contribution is -2.11. The molecule has 8 aromatic carbocycles. The summed E-state index contributed by atoms with van der Waals surface area (Å²) in [6.07, 6.45) is 6.70. The van der Waals surface area contributed by atoms with Gasteiger partial charge in [-0.3, -0.25) is 0 Å². The Hall–Kier alpha value is -6.90. The first kappa shape index (κ1) is 31.8. The van der Waals surface area contributed by atoms with Gasteiger partial charge in [-0.1, -0.05) is 146 Å². The Morgan fingerprint density at radius 3 is 1.91 bits per heavy atom. The summed E-state index contributed by atoms with van der Waals surface area (Å²) in [7, 11) is 0. The second-order valence-electron chi connectivity index (χ2n) is 14.1. The molecule has 1 aliphatic carbocycles. The fourth-order valence-corrected chi connectivity index (χ4v) is 8.35. The minimum absolute atomic E-state index is 1.02. The van der Waals surface area contributed by atoms with Crippen molar-refractivity contribution in [1.82, 2.24) is 4.57 Å². The van der Waals surface area contributed by atoms with Crippen LogP contribution in [-0.2, 0) is 6.42 Å². The first-order valence-corrected chi connectivity index (χ1v) is 18.8. The van der Waals surface area contributed by atoms with Gasteiger partial charge in [-0.2, -0.15) is 0 Å². The molecule has 1 aliphatic rings. The first-order chi connectivity index (χ1) is 26.8. The van der Waals surface area contributed by atoms with Crippen molar-refractivity contribution in [2.24, 2.45) is 0 Å². The molecule has 54 heavy (non-hydrogen) atoms. The standard InChI is InChI=1S/C52H38N2/c1-3-17-38(18-4-1)46-26-9-11-29-49(46)53(44-24-13-20-40(35-44)41-33-32-37-16-7-8-19-39(37)34-41)45-25-14-21-42(36-45)47-28-15-31-51-52(47)48-27-10-12-30-50(48)54(51)43-22-5-2-6-23-43/h1-9,11-26,28-36H,10,27H2. The maximum Gasteiger partial charge on any atom is 0.0543 e. The molecule has 0 atom stereocenters. The molecule has 0 bridgehead atoms. The third kappa shape index (κ3) is 5.60. The summed E-state index contributed by atoms with van der Waals surface area (Å²) in [5.41, 5.74) is 15.7. The number of benzene rings is 8. The van der Waals surface area contributed by atoms with Gasteiger partial charge in [0.1, 0.15) is 0 Å². The molecule has 0 N–H and O–H groups in total. The van der Waals surface area contributed by atoms with Gasteiger partial charge in [-0.05, 0) is 118 Å². The zero-order chi connectivity index (χ0) is 35.8. The zero-order valence-corrected chi connectivity index (χ0v) is 29.9. The Morgan fingerprint density at radius 1 is 0.444 bits per heavy atom. The van der Waals surface area contributed by atoms with E-state index in [9.17, 15) is 0 Å². The molecule has 1 aromatic heterocycles. The first-order valence-electron chi connectivity index (χ1n) is 18.8. The lowest BCUT2D eigenvalue weighted by atomic mass is 9.94. The Kier molecular flexibility index (Phi) is 8.00. The third-order valence-electron chi connectivity index (χ3n) is 10.8. The molecular formula is C52H38N2. The molecular weight excluding hydrogens is 653 g/mol. The van der Waals surface area contributed by atoms with Crippen LogP contribution in [0.15, 0.2) is 200 Å². The monoisotopic (exact) mass is 690 g/mol. The smallest absolute Gasteiger partial charge is 0.0543 e. The molecule has 10 rings (SSSR count). The molecule has 0 fully saturated rings. The molecule has 256 valence electrons. The van der Waals surface area contributed by atoms with Crippen molar-refractivity contribution in [3.05, 3.63) is 211 Å². The number of rotatable bonds is 7. The van der Waals surface area contributed by atoms with E-state index < -0.39 is 0 Å². The van der Waals surface area contributed by atoms with Crippen LogP contribution in [0.25, 0.3) is 66.8 Å². The molecule has 0 saturated heterocycles.